The molecule has 0 N–H and O–H groups in total. The number of nitriles is 1. The second-order valence-electron chi connectivity index (χ2n) is 6.77. The highest BCUT2D eigenvalue weighted by molar-refractivity contribution is 6.63. The molecular weight excluding hydrogens is 265 g/mol. The zero-order valence-corrected chi connectivity index (χ0v) is 13.0. The topological polar surface area (TPSA) is 51.5 Å². The van der Waals surface area contributed by atoms with E-state index in [2.05, 4.69) is 6.07 Å². The summed E-state index contributed by atoms with van der Waals surface area (Å²) in [7, 11) is -0.503. The van der Waals surface area contributed by atoms with Crippen molar-refractivity contribution in [3.63, 3.8) is 0 Å². The molecule has 21 heavy (non-hydrogen) atoms. The minimum absolute atomic E-state index is 0.291. The summed E-state index contributed by atoms with van der Waals surface area (Å²) in [5.74, 6) is 0.759. The SMILES string of the molecule is CC1(C)OB(c2cc(C#N)ccc2OC2CC2)OC1(C)C. The van der Waals surface area contributed by atoms with Crippen LogP contribution in [0.1, 0.15) is 46.1 Å². The van der Waals surface area contributed by atoms with Gasteiger partial charge < -0.3 is 14.0 Å². The average Bonchev–Trinajstić information content (AvgIpc) is 3.18. The minimum Gasteiger partial charge on any atom is -0.491 e. The van der Waals surface area contributed by atoms with Crippen molar-refractivity contribution in [3.8, 4) is 11.8 Å². The van der Waals surface area contributed by atoms with Crippen LogP contribution >= 0.6 is 0 Å². The molecule has 0 amide bonds. The first-order valence-electron chi connectivity index (χ1n) is 7.39. The van der Waals surface area contributed by atoms with Crippen molar-refractivity contribution in [1.82, 2.24) is 0 Å². The van der Waals surface area contributed by atoms with Crippen LogP contribution < -0.4 is 10.2 Å². The van der Waals surface area contributed by atoms with Crippen molar-refractivity contribution in [1.29, 1.82) is 5.26 Å². The van der Waals surface area contributed by atoms with Crippen LogP contribution in [0.2, 0.25) is 0 Å². The molecule has 3 rings (SSSR count). The van der Waals surface area contributed by atoms with E-state index >= 15 is 0 Å². The second-order valence-corrected chi connectivity index (χ2v) is 6.77. The van der Waals surface area contributed by atoms with Gasteiger partial charge in [0.1, 0.15) is 5.75 Å². The van der Waals surface area contributed by atoms with E-state index in [1.165, 1.54) is 0 Å². The molecule has 110 valence electrons. The van der Waals surface area contributed by atoms with Gasteiger partial charge in [0.05, 0.1) is 28.9 Å². The summed E-state index contributed by atoms with van der Waals surface area (Å²) in [6, 6.07) is 7.58. The van der Waals surface area contributed by atoms with E-state index in [9.17, 15) is 0 Å². The Morgan fingerprint density at radius 2 is 1.81 bits per heavy atom. The van der Waals surface area contributed by atoms with Crippen LogP contribution in [-0.4, -0.2) is 24.4 Å². The largest absolute Gasteiger partial charge is 0.498 e. The molecule has 2 aliphatic rings. The predicted octanol–water partition coefficient (Wildman–Crippen LogP) is 2.40. The maximum absolute atomic E-state index is 9.12. The quantitative estimate of drug-likeness (QED) is 0.800. The van der Waals surface area contributed by atoms with Gasteiger partial charge >= 0.3 is 7.12 Å². The molecule has 1 heterocycles. The molecule has 0 spiro atoms. The van der Waals surface area contributed by atoms with E-state index < -0.39 is 18.3 Å². The molecule has 4 nitrogen and oxygen atoms in total. The highest BCUT2D eigenvalue weighted by Crippen LogP contribution is 2.37. The van der Waals surface area contributed by atoms with E-state index in [4.69, 9.17) is 19.3 Å². The summed E-state index contributed by atoms with van der Waals surface area (Å²) in [6.07, 6.45) is 2.46. The van der Waals surface area contributed by atoms with Gasteiger partial charge in [-0.25, -0.2) is 0 Å². The van der Waals surface area contributed by atoms with Crippen molar-refractivity contribution < 1.29 is 14.0 Å². The van der Waals surface area contributed by atoms with Gasteiger partial charge in [-0.2, -0.15) is 5.26 Å². The fraction of sp³-hybridized carbons (Fsp3) is 0.562. The Labute approximate surface area is 126 Å². The van der Waals surface area contributed by atoms with Crippen molar-refractivity contribution >= 4 is 12.6 Å². The number of ether oxygens (including phenoxy) is 1. The third-order valence-electron chi connectivity index (χ3n) is 4.46. The lowest BCUT2D eigenvalue weighted by Crippen LogP contribution is -2.41. The van der Waals surface area contributed by atoms with E-state index in [1.54, 1.807) is 12.1 Å². The van der Waals surface area contributed by atoms with Gasteiger partial charge in [-0.15, -0.1) is 0 Å². The average molecular weight is 285 g/mol. The molecular formula is C16H20BNO3. The first-order chi connectivity index (χ1) is 9.82. The molecule has 0 radical (unpaired) electrons. The number of nitrogens with zero attached hydrogens (tertiary/aromatic N) is 1. The van der Waals surface area contributed by atoms with E-state index in [1.807, 2.05) is 33.8 Å². The Kier molecular flexibility index (Phi) is 3.27. The van der Waals surface area contributed by atoms with Crippen LogP contribution in [-0.2, 0) is 9.31 Å². The summed E-state index contributed by atoms with van der Waals surface area (Å²) in [5, 5.41) is 9.12. The third-order valence-corrected chi connectivity index (χ3v) is 4.46. The lowest BCUT2D eigenvalue weighted by Gasteiger charge is -2.32. The number of benzene rings is 1. The molecule has 2 fully saturated rings. The smallest absolute Gasteiger partial charge is 0.491 e. The molecule has 5 heteroatoms. The van der Waals surface area contributed by atoms with E-state index in [-0.39, 0.29) is 0 Å². The van der Waals surface area contributed by atoms with Crippen LogP contribution in [0.5, 0.6) is 5.75 Å². The summed E-state index contributed by atoms with van der Waals surface area (Å²) < 4.78 is 18.1. The number of hydrogen-bond donors (Lipinski definition) is 0. The third kappa shape index (κ3) is 2.66. The van der Waals surface area contributed by atoms with Gasteiger partial charge in [-0.05, 0) is 58.7 Å². The summed E-state index contributed by atoms with van der Waals surface area (Å²) in [6.45, 7) is 8.07. The summed E-state index contributed by atoms with van der Waals surface area (Å²) in [4.78, 5) is 0. The minimum atomic E-state index is -0.503. The van der Waals surface area contributed by atoms with E-state index in [0.29, 0.717) is 11.7 Å². The highest BCUT2D eigenvalue weighted by Gasteiger charge is 2.52. The Morgan fingerprint density at radius 1 is 1.19 bits per heavy atom. The van der Waals surface area contributed by atoms with E-state index in [0.717, 1.165) is 24.1 Å². The van der Waals surface area contributed by atoms with Crippen molar-refractivity contribution in [2.75, 3.05) is 0 Å². The van der Waals surface area contributed by atoms with Gasteiger partial charge in [0.25, 0.3) is 0 Å². The molecule has 1 aromatic rings. The Morgan fingerprint density at radius 3 is 2.33 bits per heavy atom. The Bertz CT molecular complexity index is 586. The van der Waals surface area contributed by atoms with Crippen LogP contribution in [0, 0.1) is 11.3 Å². The molecule has 1 saturated heterocycles. The maximum Gasteiger partial charge on any atom is 0.498 e. The predicted molar refractivity (Wildman–Crippen MR) is 80.5 cm³/mol. The maximum atomic E-state index is 9.12. The van der Waals surface area contributed by atoms with Crippen LogP contribution in [0.25, 0.3) is 0 Å². The Hall–Kier alpha value is -1.51. The standard InChI is InChI=1S/C16H20BNO3/c1-15(2)16(3,4)21-17(20-15)13-9-11(10-18)5-8-14(13)19-12-6-7-12/h5,8-9,12H,6-7H2,1-4H3. The van der Waals surface area contributed by atoms with Crippen LogP contribution in [0.15, 0.2) is 18.2 Å². The first kappa shape index (κ1) is 14.4. The normalized spacial score (nSPS) is 22.9. The Balaban J connectivity index is 1.95. The van der Waals surface area contributed by atoms with Gasteiger partial charge in [0, 0.05) is 5.46 Å². The number of hydrogen-bond acceptors (Lipinski definition) is 4. The van der Waals surface area contributed by atoms with Gasteiger partial charge in [0.2, 0.25) is 0 Å². The summed E-state index contributed by atoms with van der Waals surface area (Å²) in [5.41, 5.74) is 0.580. The van der Waals surface area contributed by atoms with Crippen molar-refractivity contribution in [3.05, 3.63) is 23.8 Å². The molecule has 1 aliphatic heterocycles. The molecule has 1 saturated carbocycles. The van der Waals surface area contributed by atoms with Gasteiger partial charge in [-0.1, -0.05) is 0 Å². The van der Waals surface area contributed by atoms with Gasteiger partial charge in [0.15, 0.2) is 0 Å². The fourth-order valence-electron chi connectivity index (χ4n) is 2.25. The molecule has 0 unspecified atom stereocenters. The summed E-state index contributed by atoms with van der Waals surface area (Å²) >= 11 is 0. The zero-order chi connectivity index (χ0) is 15.3. The lowest BCUT2D eigenvalue weighted by atomic mass is 9.77. The molecule has 0 bridgehead atoms. The molecule has 1 aliphatic carbocycles. The first-order valence-corrected chi connectivity index (χ1v) is 7.39. The monoisotopic (exact) mass is 285 g/mol. The lowest BCUT2D eigenvalue weighted by molar-refractivity contribution is 0.00578. The molecule has 0 aromatic heterocycles. The fourth-order valence-corrected chi connectivity index (χ4v) is 2.25. The van der Waals surface area contributed by atoms with Crippen molar-refractivity contribution in [2.45, 2.75) is 57.8 Å². The van der Waals surface area contributed by atoms with Crippen LogP contribution in [0.3, 0.4) is 0 Å². The highest BCUT2D eigenvalue weighted by atomic mass is 16.7. The number of rotatable bonds is 3. The molecule has 0 atom stereocenters. The second kappa shape index (κ2) is 4.76. The van der Waals surface area contributed by atoms with Gasteiger partial charge in [-0.3, -0.25) is 0 Å². The van der Waals surface area contributed by atoms with Crippen LogP contribution in [0.4, 0.5) is 0 Å². The molecule has 1 aromatic carbocycles. The zero-order valence-electron chi connectivity index (χ0n) is 13.0. The van der Waals surface area contributed by atoms with Crippen molar-refractivity contribution in [2.24, 2.45) is 0 Å².